The molecule has 0 spiro atoms. The first-order chi connectivity index (χ1) is 12.9. The summed E-state index contributed by atoms with van der Waals surface area (Å²) in [5.41, 5.74) is 3.10. The fourth-order valence-corrected chi connectivity index (χ4v) is 3.68. The van der Waals surface area contributed by atoms with Gasteiger partial charge in [0.25, 0.3) is 0 Å². The molecule has 1 heterocycles. The van der Waals surface area contributed by atoms with Gasteiger partial charge in [0.2, 0.25) is 5.91 Å². The summed E-state index contributed by atoms with van der Waals surface area (Å²) in [6, 6.07) is 12.5. The Balaban J connectivity index is 1.58. The molecule has 138 valence electrons. The van der Waals surface area contributed by atoms with E-state index in [4.69, 9.17) is 23.2 Å². The van der Waals surface area contributed by atoms with Gasteiger partial charge in [-0.1, -0.05) is 53.0 Å². The highest BCUT2D eigenvalue weighted by atomic mass is 35.5. The highest BCUT2D eigenvalue weighted by molar-refractivity contribution is 7.14. The number of Topliss-reactive ketones (excluding diaryl/α,β-unsaturated/α-hetero) is 1. The fourth-order valence-electron chi connectivity index (χ4n) is 2.44. The number of carbonyl (C=O) groups excluding carboxylic acids is 2. The summed E-state index contributed by atoms with van der Waals surface area (Å²) in [4.78, 5) is 28.6. The van der Waals surface area contributed by atoms with Gasteiger partial charge in [-0.2, -0.15) is 0 Å². The van der Waals surface area contributed by atoms with Crippen molar-refractivity contribution in [3.05, 3.63) is 69.0 Å². The van der Waals surface area contributed by atoms with Crippen molar-refractivity contribution in [2.24, 2.45) is 0 Å². The summed E-state index contributed by atoms with van der Waals surface area (Å²) in [6.45, 7) is 1.96. The minimum absolute atomic E-state index is 0.0575. The zero-order chi connectivity index (χ0) is 19.4. The van der Waals surface area contributed by atoms with Crippen LogP contribution in [0.15, 0.2) is 47.8 Å². The Hall–Kier alpha value is -2.21. The summed E-state index contributed by atoms with van der Waals surface area (Å²) in [7, 11) is 0. The van der Waals surface area contributed by atoms with E-state index in [0.717, 1.165) is 11.1 Å². The number of aryl methyl sites for hydroxylation is 1. The van der Waals surface area contributed by atoms with E-state index in [2.05, 4.69) is 10.3 Å². The Morgan fingerprint density at radius 1 is 1.07 bits per heavy atom. The molecule has 3 aromatic rings. The van der Waals surface area contributed by atoms with Crippen LogP contribution >= 0.6 is 34.5 Å². The molecule has 3 rings (SSSR count). The minimum Gasteiger partial charge on any atom is -0.302 e. The number of hydrogen-bond acceptors (Lipinski definition) is 4. The summed E-state index contributed by atoms with van der Waals surface area (Å²) in [6.07, 6.45) is 0.249. The normalized spacial score (nSPS) is 10.6. The third kappa shape index (κ3) is 5.16. The molecule has 0 bridgehead atoms. The monoisotopic (exact) mass is 418 g/mol. The number of hydrogen-bond donors (Lipinski definition) is 1. The standard InChI is InChI=1S/C20H16Cl2N2O2S/c1-12-2-4-13(5-3-12)18(25)8-9-19(26)24-20-23-17(11-27-20)15-7-6-14(21)10-16(15)22/h2-7,10-11H,8-9H2,1H3,(H,23,24,26). The Kier molecular flexibility index (Phi) is 6.26. The van der Waals surface area contributed by atoms with Crippen LogP contribution in [0.4, 0.5) is 5.13 Å². The summed E-state index contributed by atoms with van der Waals surface area (Å²) in [5, 5.41) is 6.04. The number of carbonyl (C=O) groups is 2. The van der Waals surface area contributed by atoms with Crippen molar-refractivity contribution in [3.63, 3.8) is 0 Å². The van der Waals surface area contributed by atoms with Gasteiger partial charge in [-0.05, 0) is 25.1 Å². The first-order valence-corrected chi connectivity index (χ1v) is 9.86. The van der Waals surface area contributed by atoms with E-state index in [9.17, 15) is 9.59 Å². The van der Waals surface area contributed by atoms with Gasteiger partial charge in [-0.3, -0.25) is 9.59 Å². The van der Waals surface area contributed by atoms with Crippen LogP contribution in [0.3, 0.4) is 0 Å². The molecule has 7 heteroatoms. The molecule has 0 aliphatic rings. The molecule has 0 fully saturated rings. The van der Waals surface area contributed by atoms with E-state index < -0.39 is 0 Å². The highest BCUT2D eigenvalue weighted by Crippen LogP contribution is 2.32. The molecule has 4 nitrogen and oxygen atoms in total. The molecule has 0 aliphatic heterocycles. The third-order valence-electron chi connectivity index (χ3n) is 3.91. The highest BCUT2D eigenvalue weighted by Gasteiger charge is 2.13. The predicted octanol–water partition coefficient (Wildman–Crippen LogP) is 6.03. The molecule has 0 aliphatic carbocycles. The SMILES string of the molecule is Cc1ccc(C(=O)CCC(=O)Nc2nc(-c3ccc(Cl)cc3Cl)cs2)cc1. The Morgan fingerprint density at radius 3 is 2.52 bits per heavy atom. The first kappa shape index (κ1) is 19.5. The molecule has 0 unspecified atom stereocenters. The lowest BCUT2D eigenvalue weighted by atomic mass is 10.1. The van der Waals surface area contributed by atoms with Gasteiger partial charge in [0.1, 0.15) is 0 Å². The number of nitrogens with one attached hydrogen (secondary N) is 1. The average Bonchev–Trinajstić information content (AvgIpc) is 3.08. The van der Waals surface area contributed by atoms with Crippen molar-refractivity contribution in [3.8, 4) is 11.3 Å². The topological polar surface area (TPSA) is 59.1 Å². The van der Waals surface area contributed by atoms with Crippen molar-refractivity contribution in [1.82, 2.24) is 4.98 Å². The van der Waals surface area contributed by atoms with E-state index in [1.807, 2.05) is 24.4 Å². The second-order valence-corrected chi connectivity index (χ2v) is 7.70. The largest absolute Gasteiger partial charge is 0.302 e. The van der Waals surface area contributed by atoms with Crippen LogP contribution in [0.2, 0.25) is 10.0 Å². The van der Waals surface area contributed by atoms with E-state index in [1.165, 1.54) is 11.3 Å². The number of anilines is 1. The number of nitrogens with zero attached hydrogens (tertiary/aromatic N) is 1. The van der Waals surface area contributed by atoms with Gasteiger partial charge in [-0.15, -0.1) is 11.3 Å². The molecule has 2 aromatic carbocycles. The Bertz CT molecular complexity index is 984. The van der Waals surface area contributed by atoms with Crippen LogP contribution in [0.1, 0.15) is 28.8 Å². The second kappa shape index (κ2) is 8.65. The fraction of sp³-hybridized carbons (Fsp3) is 0.150. The molecule has 0 saturated heterocycles. The number of rotatable bonds is 6. The van der Waals surface area contributed by atoms with Crippen LogP contribution < -0.4 is 5.32 Å². The van der Waals surface area contributed by atoms with Crippen LogP contribution in [0.5, 0.6) is 0 Å². The molecule has 0 atom stereocenters. The summed E-state index contributed by atoms with van der Waals surface area (Å²) < 4.78 is 0. The molecule has 1 aromatic heterocycles. The Morgan fingerprint density at radius 2 is 1.81 bits per heavy atom. The zero-order valence-corrected chi connectivity index (χ0v) is 16.8. The van der Waals surface area contributed by atoms with E-state index in [-0.39, 0.29) is 24.5 Å². The van der Waals surface area contributed by atoms with Gasteiger partial charge in [0, 0.05) is 34.4 Å². The number of thiazole rings is 1. The lowest BCUT2D eigenvalue weighted by Crippen LogP contribution is -2.13. The molecule has 1 N–H and O–H groups in total. The number of halogens is 2. The lowest BCUT2D eigenvalue weighted by Gasteiger charge is -2.03. The molecule has 1 amide bonds. The van der Waals surface area contributed by atoms with E-state index in [1.54, 1.807) is 30.3 Å². The number of amides is 1. The molecule has 0 radical (unpaired) electrons. The summed E-state index contributed by atoms with van der Waals surface area (Å²) >= 11 is 13.4. The van der Waals surface area contributed by atoms with Crippen LogP contribution in [0.25, 0.3) is 11.3 Å². The van der Waals surface area contributed by atoms with Gasteiger partial charge in [0.15, 0.2) is 10.9 Å². The van der Waals surface area contributed by atoms with Gasteiger partial charge >= 0.3 is 0 Å². The molecular weight excluding hydrogens is 403 g/mol. The quantitative estimate of drug-likeness (QED) is 0.497. The smallest absolute Gasteiger partial charge is 0.226 e. The number of ketones is 1. The lowest BCUT2D eigenvalue weighted by molar-refractivity contribution is -0.116. The number of aromatic nitrogens is 1. The second-order valence-electron chi connectivity index (χ2n) is 6.00. The maximum atomic E-state index is 12.1. The van der Waals surface area contributed by atoms with Gasteiger partial charge < -0.3 is 5.32 Å². The summed E-state index contributed by atoms with van der Waals surface area (Å²) in [5.74, 6) is -0.309. The maximum Gasteiger partial charge on any atom is 0.226 e. The van der Waals surface area contributed by atoms with E-state index >= 15 is 0 Å². The number of benzene rings is 2. The van der Waals surface area contributed by atoms with Crippen molar-refractivity contribution in [1.29, 1.82) is 0 Å². The Labute approximate surface area is 171 Å². The van der Waals surface area contributed by atoms with Gasteiger partial charge in [-0.25, -0.2) is 4.98 Å². The van der Waals surface area contributed by atoms with Crippen molar-refractivity contribution >= 4 is 51.4 Å². The van der Waals surface area contributed by atoms with E-state index in [0.29, 0.717) is 26.4 Å². The van der Waals surface area contributed by atoms with Crippen molar-refractivity contribution in [2.45, 2.75) is 19.8 Å². The van der Waals surface area contributed by atoms with Crippen LogP contribution in [-0.4, -0.2) is 16.7 Å². The maximum absolute atomic E-state index is 12.1. The predicted molar refractivity (Wildman–Crippen MR) is 111 cm³/mol. The first-order valence-electron chi connectivity index (χ1n) is 8.23. The molecular formula is C20H16Cl2N2O2S. The molecule has 27 heavy (non-hydrogen) atoms. The van der Waals surface area contributed by atoms with Gasteiger partial charge in [0.05, 0.1) is 10.7 Å². The third-order valence-corrected chi connectivity index (χ3v) is 5.22. The van der Waals surface area contributed by atoms with Crippen molar-refractivity contribution in [2.75, 3.05) is 5.32 Å². The average molecular weight is 419 g/mol. The van der Waals surface area contributed by atoms with Crippen LogP contribution in [0, 0.1) is 6.92 Å². The minimum atomic E-state index is -0.251. The zero-order valence-electron chi connectivity index (χ0n) is 14.5. The van der Waals surface area contributed by atoms with Crippen LogP contribution in [-0.2, 0) is 4.79 Å². The van der Waals surface area contributed by atoms with Crippen molar-refractivity contribution < 1.29 is 9.59 Å². The molecule has 0 saturated carbocycles.